The Morgan fingerprint density at radius 1 is 1.39 bits per heavy atom. The molecule has 0 aliphatic carbocycles. The number of nitrogens with two attached hydrogens (primary N) is 1. The third-order valence-corrected chi connectivity index (χ3v) is 3.91. The largest absolute Gasteiger partial charge is 0.369 e. The Hall–Kier alpha value is -1.09. The molecule has 1 aliphatic heterocycles. The molecule has 0 amide bonds. The highest BCUT2D eigenvalue weighted by Crippen LogP contribution is 2.32. The quantitative estimate of drug-likeness (QED) is 0.870. The second-order valence-corrected chi connectivity index (χ2v) is 5.49. The second-order valence-electron chi connectivity index (χ2n) is 5.49. The molecule has 1 aromatic rings. The maximum atomic E-state index is 13.7. The predicted molar refractivity (Wildman–Crippen MR) is 74.4 cm³/mol. The van der Waals surface area contributed by atoms with E-state index in [-0.39, 0.29) is 11.9 Å². The van der Waals surface area contributed by atoms with Crippen molar-refractivity contribution in [2.24, 2.45) is 5.73 Å². The van der Waals surface area contributed by atoms with Gasteiger partial charge in [0.05, 0.1) is 0 Å². The van der Waals surface area contributed by atoms with Crippen molar-refractivity contribution in [3.05, 3.63) is 29.1 Å². The molecule has 1 aliphatic rings. The van der Waals surface area contributed by atoms with Crippen molar-refractivity contribution in [1.82, 2.24) is 0 Å². The van der Waals surface area contributed by atoms with Crippen LogP contribution in [0.2, 0.25) is 0 Å². The minimum absolute atomic E-state index is 0.135. The maximum Gasteiger partial charge on any atom is 0.126 e. The maximum absolute atomic E-state index is 13.7. The van der Waals surface area contributed by atoms with Gasteiger partial charge in [0, 0.05) is 24.3 Å². The fourth-order valence-corrected chi connectivity index (χ4v) is 2.75. The van der Waals surface area contributed by atoms with Crippen LogP contribution < -0.4 is 10.6 Å². The topological polar surface area (TPSA) is 29.3 Å². The SMILES string of the molecule is Cc1cc(N2CCCCC2C)c([C@H](C)N)cc1F. The Morgan fingerprint density at radius 2 is 2.11 bits per heavy atom. The van der Waals surface area contributed by atoms with E-state index < -0.39 is 0 Å². The number of hydrogen-bond acceptors (Lipinski definition) is 2. The van der Waals surface area contributed by atoms with E-state index in [9.17, 15) is 4.39 Å². The Labute approximate surface area is 109 Å². The van der Waals surface area contributed by atoms with Crippen LogP contribution in [0, 0.1) is 12.7 Å². The van der Waals surface area contributed by atoms with Gasteiger partial charge in [0.25, 0.3) is 0 Å². The Kier molecular flexibility index (Phi) is 3.91. The van der Waals surface area contributed by atoms with Crippen molar-refractivity contribution in [2.75, 3.05) is 11.4 Å². The molecule has 2 atom stereocenters. The molecule has 100 valence electrons. The zero-order valence-corrected chi connectivity index (χ0v) is 11.5. The van der Waals surface area contributed by atoms with Crippen molar-refractivity contribution in [3.63, 3.8) is 0 Å². The molecule has 2 N–H and O–H groups in total. The summed E-state index contributed by atoms with van der Waals surface area (Å²) in [4.78, 5) is 2.38. The van der Waals surface area contributed by atoms with E-state index >= 15 is 0 Å². The second kappa shape index (κ2) is 5.27. The molecule has 0 radical (unpaired) electrons. The standard InChI is InChI=1S/C15H23FN2/c1-10-8-15(13(12(3)17)9-14(10)16)18-7-5-4-6-11(18)2/h8-9,11-12H,4-7,17H2,1-3H3/t11?,12-/m0/s1. The first kappa shape index (κ1) is 13.3. The van der Waals surface area contributed by atoms with E-state index in [1.54, 1.807) is 6.07 Å². The summed E-state index contributed by atoms with van der Waals surface area (Å²) in [6.07, 6.45) is 3.69. The van der Waals surface area contributed by atoms with E-state index in [1.165, 1.54) is 19.3 Å². The first-order valence-electron chi connectivity index (χ1n) is 6.83. The summed E-state index contributed by atoms with van der Waals surface area (Å²) >= 11 is 0. The van der Waals surface area contributed by atoms with Gasteiger partial charge in [0.15, 0.2) is 0 Å². The lowest BCUT2D eigenvalue weighted by Gasteiger charge is -2.37. The third-order valence-electron chi connectivity index (χ3n) is 3.91. The minimum Gasteiger partial charge on any atom is -0.369 e. The zero-order chi connectivity index (χ0) is 13.3. The molecule has 0 bridgehead atoms. The van der Waals surface area contributed by atoms with Gasteiger partial charge >= 0.3 is 0 Å². The minimum atomic E-state index is -0.157. The van der Waals surface area contributed by atoms with E-state index in [0.717, 1.165) is 17.8 Å². The summed E-state index contributed by atoms with van der Waals surface area (Å²) < 4.78 is 13.7. The van der Waals surface area contributed by atoms with Gasteiger partial charge in [0.1, 0.15) is 5.82 Å². The molecule has 0 spiro atoms. The molecular formula is C15H23FN2. The molecule has 18 heavy (non-hydrogen) atoms. The summed E-state index contributed by atoms with van der Waals surface area (Å²) in [6.45, 7) is 7.02. The van der Waals surface area contributed by atoms with Crippen LogP contribution in [0.5, 0.6) is 0 Å². The van der Waals surface area contributed by atoms with Crippen LogP contribution in [0.25, 0.3) is 0 Å². The Morgan fingerprint density at radius 3 is 2.72 bits per heavy atom. The van der Waals surface area contributed by atoms with E-state index in [0.29, 0.717) is 11.6 Å². The number of rotatable bonds is 2. The first-order chi connectivity index (χ1) is 8.50. The lowest BCUT2D eigenvalue weighted by atomic mass is 9.97. The van der Waals surface area contributed by atoms with Gasteiger partial charge in [-0.3, -0.25) is 0 Å². The number of piperidine rings is 1. The van der Waals surface area contributed by atoms with Crippen LogP contribution in [0.1, 0.15) is 50.3 Å². The molecule has 2 rings (SSSR count). The van der Waals surface area contributed by atoms with Crippen molar-refractivity contribution in [2.45, 2.75) is 52.1 Å². The fraction of sp³-hybridized carbons (Fsp3) is 0.600. The number of hydrogen-bond donors (Lipinski definition) is 1. The lowest BCUT2D eigenvalue weighted by molar-refractivity contribution is 0.482. The van der Waals surface area contributed by atoms with E-state index in [2.05, 4.69) is 11.8 Å². The Bertz CT molecular complexity index is 429. The van der Waals surface area contributed by atoms with Crippen molar-refractivity contribution in [3.8, 4) is 0 Å². The highest BCUT2D eigenvalue weighted by atomic mass is 19.1. The molecule has 3 heteroatoms. The van der Waals surface area contributed by atoms with Gasteiger partial charge in [0.2, 0.25) is 0 Å². The summed E-state index contributed by atoms with van der Waals surface area (Å²) in [7, 11) is 0. The number of aryl methyl sites for hydroxylation is 1. The predicted octanol–water partition coefficient (Wildman–Crippen LogP) is 3.53. The molecule has 1 saturated heterocycles. The van der Waals surface area contributed by atoms with Crippen LogP contribution in [-0.4, -0.2) is 12.6 Å². The molecule has 0 saturated carbocycles. The van der Waals surface area contributed by atoms with Crippen molar-refractivity contribution in [1.29, 1.82) is 0 Å². The summed E-state index contributed by atoms with van der Waals surface area (Å²) in [5.41, 5.74) is 8.74. The molecule has 0 aromatic heterocycles. The average Bonchev–Trinajstić information content (AvgIpc) is 2.32. The number of benzene rings is 1. The van der Waals surface area contributed by atoms with Crippen LogP contribution in [0.3, 0.4) is 0 Å². The molecule has 2 nitrogen and oxygen atoms in total. The fourth-order valence-electron chi connectivity index (χ4n) is 2.75. The van der Waals surface area contributed by atoms with Gasteiger partial charge in [-0.1, -0.05) is 0 Å². The smallest absolute Gasteiger partial charge is 0.126 e. The van der Waals surface area contributed by atoms with Gasteiger partial charge in [-0.2, -0.15) is 0 Å². The third kappa shape index (κ3) is 2.51. The van der Waals surface area contributed by atoms with Crippen molar-refractivity contribution >= 4 is 5.69 Å². The lowest BCUT2D eigenvalue weighted by Crippen LogP contribution is -2.38. The average molecular weight is 250 g/mol. The zero-order valence-electron chi connectivity index (χ0n) is 11.5. The van der Waals surface area contributed by atoms with Gasteiger partial charge < -0.3 is 10.6 Å². The molecule has 1 heterocycles. The molecule has 1 unspecified atom stereocenters. The van der Waals surface area contributed by atoms with E-state index in [4.69, 9.17) is 5.73 Å². The van der Waals surface area contributed by atoms with Gasteiger partial charge in [-0.25, -0.2) is 4.39 Å². The molecule has 1 fully saturated rings. The van der Waals surface area contributed by atoms with Gasteiger partial charge in [-0.15, -0.1) is 0 Å². The highest BCUT2D eigenvalue weighted by Gasteiger charge is 2.22. The molecule has 1 aromatic carbocycles. The summed E-state index contributed by atoms with van der Waals surface area (Å²) in [5.74, 6) is -0.157. The van der Waals surface area contributed by atoms with Crippen LogP contribution >= 0.6 is 0 Å². The van der Waals surface area contributed by atoms with E-state index in [1.807, 2.05) is 19.9 Å². The van der Waals surface area contributed by atoms with Crippen molar-refractivity contribution < 1.29 is 4.39 Å². The highest BCUT2D eigenvalue weighted by molar-refractivity contribution is 5.58. The van der Waals surface area contributed by atoms with Crippen LogP contribution in [0.4, 0.5) is 10.1 Å². The van der Waals surface area contributed by atoms with Crippen LogP contribution in [-0.2, 0) is 0 Å². The normalized spacial score (nSPS) is 22.1. The Balaban J connectivity index is 2.44. The first-order valence-corrected chi connectivity index (χ1v) is 6.83. The molecular weight excluding hydrogens is 227 g/mol. The van der Waals surface area contributed by atoms with Gasteiger partial charge in [-0.05, 0) is 63.3 Å². The monoisotopic (exact) mass is 250 g/mol. The number of halogens is 1. The summed E-state index contributed by atoms with van der Waals surface area (Å²) in [5, 5.41) is 0. The number of nitrogens with zero attached hydrogens (tertiary/aromatic N) is 1. The number of anilines is 1. The van der Waals surface area contributed by atoms with Crippen LogP contribution in [0.15, 0.2) is 12.1 Å². The summed E-state index contributed by atoms with van der Waals surface area (Å²) in [6, 6.07) is 3.94.